The van der Waals surface area contributed by atoms with Crippen molar-refractivity contribution in [3.8, 4) is 0 Å². The van der Waals surface area contributed by atoms with Crippen LogP contribution >= 0.6 is 0 Å². The third-order valence-corrected chi connectivity index (χ3v) is 9.12. The molecule has 2 aliphatic carbocycles. The number of rotatable bonds is 8. The SMILES string of the molecule is COC(=O)c1ncc(N[C@@H]2Cc3cc4cnc(C5CC5)cc4c(S(=O)(=O)NCC(C)(C)F)c3C2)c2ccccc12. The first-order chi connectivity index (χ1) is 19.0. The molecule has 6 rings (SSSR count). The average Bonchev–Trinajstić information content (AvgIpc) is 3.70. The maximum atomic E-state index is 14.4. The minimum Gasteiger partial charge on any atom is -0.464 e. The molecular formula is C30H31FN4O4S. The van der Waals surface area contributed by atoms with Crippen LogP contribution in [0.3, 0.4) is 0 Å². The number of halogens is 1. The minimum absolute atomic E-state index is 0.122. The zero-order valence-electron chi connectivity index (χ0n) is 22.6. The number of carbonyl (C=O) groups is 1. The quantitative estimate of drug-likeness (QED) is 0.289. The number of sulfonamides is 1. The van der Waals surface area contributed by atoms with E-state index in [4.69, 9.17) is 4.74 Å². The highest BCUT2D eigenvalue weighted by atomic mass is 32.2. The van der Waals surface area contributed by atoms with Crippen LogP contribution in [-0.4, -0.2) is 49.7 Å². The van der Waals surface area contributed by atoms with Gasteiger partial charge in [-0.2, -0.15) is 0 Å². The lowest BCUT2D eigenvalue weighted by Gasteiger charge is -2.19. The molecule has 1 saturated carbocycles. The Morgan fingerprint density at radius 1 is 1.07 bits per heavy atom. The van der Waals surface area contributed by atoms with E-state index < -0.39 is 21.7 Å². The van der Waals surface area contributed by atoms with Gasteiger partial charge in [0.1, 0.15) is 5.67 Å². The predicted octanol–water partition coefficient (Wildman–Crippen LogP) is 5.05. The zero-order valence-corrected chi connectivity index (χ0v) is 23.4. The lowest BCUT2D eigenvalue weighted by Crippen LogP contribution is -2.36. The number of alkyl halides is 1. The number of aromatic nitrogens is 2. The second-order valence-corrected chi connectivity index (χ2v) is 13.0. The Morgan fingerprint density at radius 2 is 1.82 bits per heavy atom. The summed E-state index contributed by atoms with van der Waals surface area (Å²) in [5, 5.41) is 6.39. The molecule has 0 radical (unpaired) electrons. The van der Waals surface area contributed by atoms with Crippen LogP contribution in [0.1, 0.15) is 59.9 Å². The third-order valence-electron chi connectivity index (χ3n) is 7.59. The first kappa shape index (κ1) is 26.6. The topological polar surface area (TPSA) is 110 Å². The highest BCUT2D eigenvalue weighted by Gasteiger charge is 2.34. The zero-order chi connectivity index (χ0) is 28.2. The largest absolute Gasteiger partial charge is 0.464 e. The molecule has 0 saturated heterocycles. The van der Waals surface area contributed by atoms with Gasteiger partial charge in [-0.1, -0.05) is 24.3 Å². The van der Waals surface area contributed by atoms with E-state index in [0.29, 0.717) is 29.5 Å². The summed E-state index contributed by atoms with van der Waals surface area (Å²) in [5.74, 6) is -0.158. The number of fused-ring (bicyclic) bond motifs is 3. The number of ether oxygens (including phenoxy) is 1. The summed E-state index contributed by atoms with van der Waals surface area (Å²) >= 11 is 0. The number of hydrogen-bond donors (Lipinski definition) is 2. The number of pyridine rings is 2. The van der Waals surface area contributed by atoms with E-state index in [1.165, 1.54) is 21.0 Å². The van der Waals surface area contributed by atoms with Crippen LogP contribution in [0, 0.1) is 0 Å². The van der Waals surface area contributed by atoms with Gasteiger partial charge in [-0.15, -0.1) is 0 Å². The summed E-state index contributed by atoms with van der Waals surface area (Å²) in [5.41, 5.74) is 1.81. The molecule has 2 aromatic carbocycles. The first-order valence-electron chi connectivity index (χ1n) is 13.4. The van der Waals surface area contributed by atoms with Crippen LogP contribution in [0.5, 0.6) is 0 Å². The third kappa shape index (κ3) is 5.01. The second-order valence-electron chi connectivity index (χ2n) is 11.3. The van der Waals surface area contributed by atoms with Crippen molar-refractivity contribution < 1.29 is 22.3 Å². The van der Waals surface area contributed by atoms with Crippen LogP contribution in [-0.2, 0) is 27.6 Å². The summed E-state index contributed by atoms with van der Waals surface area (Å²) < 4.78 is 49.3. The van der Waals surface area contributed by atoms with E-state index in [2.05, 4.69) is 20.0 Å². The normalized spacial score (nSPS) is 17.2. The highest BCUT2D eigenvalue weighted by Crippen LogP contribution is 2.42. The van der Waals surface area contributed by atoms with Crippen molar-refractivity contribution in [2.75, 3.05) is 19.0 Å². The van der Waals surface area contributed by atoms with Gasteiger partial charge in [-0.05, 0) is 62.8 Å². The molecule has 2 heterocycles. The van der Waals surface area contributed by atoms with Crippen molar-refractivity contribution in [1.82, 2.24) is 14.7 Å². The molecule has 2 N–H and O–H groups in total. The summed E-state index contributed by atoms with van der Waals surface area (Å²) in [6, 6.07) is 11.2. The standard InChI is InChI=1S/C30H31FN4O4S/c1-30(2,31)16-34-40(37,38)28-23-12-20(11-18(23)10-19-14-32-25(13-24(19)28)17-8-9-17)35-26-15-33-27(29(36)39-3)22-7-5-4-6-21(22)26/h4-7,10,13-15,17,20,34-35H,8-9,11-12,16H2,1-3H3/t20-/m1/s1. The summed E-state index contributed by atoms with van der Waals surface area (Å²) in [6.45, 7) is 2.37. The van der Waals surface area contributed by atoms with Gasteiger partial charge in [0.2, 0.25) is 10.0 Å². The maximum absolute atomic E-state index is 14.4. The Morgan fingerprint density at radius 3 is 2.52 bits per heavy atom. The fourth-order valence-corrected chi connectivity index (χ4v) is 7.19. The lowest BCUT2D eigenvalue weighted by atomic mass is 10.0. The molecule has 0 aliphatic heterocycles. The molecule has 0 amide bonds. The first-order valence-corrected chi connectivity index (χ1v) is 14.9. The molecule has 40 heavy (non-hydrogen) atoms. The Kier molecular flexibility index (Phi) is 6.50. The maximum Gasteiger partial charge on any atom is 0.357 e. The van der Waals surface area contributed by atoms with E-state index in [9.17, 15) is 17.6 Å². The molecule has 0 spiro atoms. The van der Waals surface area contributed by atoms with Crippen molar-refractivity contribution in [2.45, 2.75) is 62.1 Å². The fourth-order valence-electron chi connectivity index (χ4n) is 5.50. The minimum atomic E-state index is -4.03. The smallest absolute Gasteiger partial charge is 0.357 e. The number of carbonyl (C=O) groups excluding carboxylic acids is 1. The monoisotopic (exact) mass is 562 g/mol. The molecule has 0 bridgehead atoms. The van der Waals surface area contributed by atoms with Crippen LogP contribution < -0.4 is 10.0 Å². The number of hydrogen-bond acceptors (Lipinski definition) is 7. The Labute approximate surface area is 232 Å². The van der Waals surface area contributed by atoms with Gasteiger partial charge in [0.15, 0.2) is 5.69 Å². The molecule has 0 unspecified atom stereocenters. The number of esters is 1. The van der Waals surface area contributed by atoms with Crippen LogP contribution in [0.4, 0.5) is 10.1 Å². The molecule has 2 aliphatic rings. The molecule has 10 heteroatoms. The summed E-state index contributed by atoms with van der Waals surface area (Å²) in [6.07, 6.45) is 6.49. The van der Waals surface area contributed by atoms with Crippen molar-refractivity contribution in [2.24, 2.45) is 0 Å². The van der Waals surface area contributed by atoms with Gasteiger partial charge in [0.05, 0.1) is 23.9 Å². The van der Waals surface area contributed by atoms with Crippen molar-refractivity contribution in [3.63, 3.8) is 0 Å². The average molecular weight is 563 g/mol. The molecule has 4 aromatic rings. The summed E-state index contributed by atoms with van der Waals surface area (Å²) in [7, 11) is -2.70. The van der Waals surface area contributed by atoms with Gasteiger partial charge >= 0.3 is 5.97 Å². The second kappa shape index (κ2) is 9.78. The summed E-state index contributed by atoms with van der Waals surface area (Å²) in [4.78, 5) is 21.5. The number of benzene rings is 2. The Bertz CT molecular complexity index is 1760. The van der Waals surface area contributed by atoms with Gasteiger partial charge < -0.3 is 10.1 Å². The van der Waals surface area contributed by atoms with Crippen LogP contribution in [0.2, 0.25) is 0 Å². The highest BCUT2D eigenvalue weighted by molar-refractivity contribution is 7.89. The molecule has 208 valence electrons. The van der Waals surface area contributed by atoms with Gasteiger partial charge in [0, 0.05) is 51.9 Å². The van der Waals surface area contributed by atoms with E-state index in [0.717, 1.165) is 46.1 Å². The predicted molar refractivity (Wildman–Crippen MR) is 152 cm³/mol. The number of nitrogens with one attached hydrogen (secondary N) is 2. The fraction of sp³-hybridized carbons (Fsp3) is 0.367. The van der Waals surface area contributed by atoms with Crippen molar-refractivity contribution in [3.05, 3.63) is 71.3 Å². The van der Waals surface area contributed by atoms with Crippen LogP contribution in [0.15, 0.2) is 53.7 Å². The van der Waals surface area contributed by atoms with Gasteiger partial charge in [-0.25, -0.2) is 27.3 Å². The Hall–Kier alpha value is -3.63. The molecule has 8 nitrogen and oxygen atoms in total. The molecule has 1 atom stereocenters. The van der Waals surface area contributed by atoms with Gasteiger partial charge in [0.25, 0.3) is 0 Å². The molecular weight excluding hydrogens is 531 g/mol. The number of anilines is 1. The Balaban J connectivity index is 1.40. The van der Waals surface area contributed by atoms with E-state index in [-0.39, 0.29) is 23.2 Å². The number of nitrogens with zero attached hydrogens (tertiary/aromatic N) is 2. The van der Waals surface area contributed by atoms with E-state index in [1.807, 2.05) is 36.4 Å². The van der Waals surface area contributed by atoms with E-state index in [1.54, 1.807) is 12.4 Å². The van der Waals surface area contributed by atoms with E-state index >= 15 is 0 Å². The van der Waals surface area contributed by atoms with Gasteiger partial charge in [-0.3, -0.25) is 4.98 Å². The molecule has 2 aromatic heterocycles. The van der Waals surface area contributed by atoms with Crippen molar-refractivity contribution in [1.29, 1.82) is 0 Å². The number of methoxy groups -OCH3 is 1. The lowest BCUT2D eigenvalue weighted by molar-refractivity contribution is 0.0596. The molecule has 1 fully saturated rings. The van der Waals surface area contributed by atoms with Crippen molar-refractivity contribution >= 4 is 43.2 Å². The van der Waals surface area contributed by atoms with Crippen LogP contribution in [0.25, 0.3) is 21.5 Å².